The van der Waals surface area contributed by atoms with Gasteiger partial charge in [-0.1, -0.05) is 41.9 Å². The van der Waals surface area contributed by atoms with Crippen molar-refractivity contribution in [2.45, 2.75) is 44.6 Å². The van der Waals surface area contributed by atoms with Gasteiger partial charge in [-0.2, -0.15) is 0 Å². The highest BCUT2D eigenvalue weighted by molar-refractivity contribution is 14.1. The maximum absolute atomic E-state index is 5.79. The van der Waals surface area contributed by atoms with E-state index in [2.05, 4.69) is 22.6 Å². The van der Waals surface area contributed by atoms with Gasteiger partial charge in [0.2, 0.25) is 0 Å². The molecule has 2 aliphatic rings. The van der Waals surface area contributed by atoms with Crippen molar-refractivity contribution in [1.82, 2.24) is 0 Å². The smallest absolute Gasteiger partial charge is 0.0670 e. The monoisotopic (exact) mass is 280 g/mol. The number of hydrogen-bond donors (Lipinski definition) is 0. The molecular formula is C10H17IO. The minimum absolute atomic E-state index is 0.573. The molecule has 0 aromatic heterocycles. The average molecular weight is 280 g/mol. The second-order valence-corrected chi connectivity index (χ2v) is 5.23. The molecule has 2 heteroatoms. The largest absolute Gasteiger partial charge is 0.377 e. The lowest BCUT2D eigenvalue weighted by atomic mass is 9.73. The zero-order valence-corrected chi connectivity index (χ0v) is 9.68. The Labute approximate surface area is 88.4 Å². The Morgan fingerprint density at radius 3 is 2.58 bits per heavy atom. The third-order valence-corrected chi connectivity index (χ3v) is 4.35. The van der Waals surface area contributed by atoms with Gasteiger partial charge in [0.15, 0.2) is 0 Å². The lowest BCUT2D eigenvalue weighted by molar-refractivity contribution is 0.0955. The molecule has 1 aliphatic heterocycles. The highest BCUT2D eigenvalue weighted by Crippen LogP contribution is 2.45. The Balaban J connectivity index is 1.94. The van der Waals surface area contributed by atoms with Crippen LogP contribution < -0.4 is 0 Å². The molecule has 0 aromatic carbocycles. The van der Waals surface area contributed by atoms with E-state index >= 15 is 0 Å². The van der Waals surface area contributed by atoms with Crippen LogP contribution in [0.3, 0.4) is 0 Å². The van der Waals surface area contributed by atoms with Crippen molar-refractivity contribution in [3.8, 4) is 0 Å². The molecule has 2 rings (SSSR count). The van der Waals surface area contributed by atoms with Crippen LogP contribution in [0.1, 0.15) is 38.5 Å². The van der Waals surface area contributed by atoms with Crippen LogP contribution in [0.15, 0.2) is 0 Å². The van der Waals surface area contributed by atoms with Crippen molar-refractivity contribution in [1.29, 1.82) is 0 Å². The number of ether oxygens (including phenoxy) is 1. The molecule has 0 aromatic rings. The van der Waals surface area contributed by atoms with Gasteiger partial charge in [-0.05, 0) is 24.7 Å². The summed E-state index contributed by atoms with van der Waals surface area (Å²) < 4.78 is 6.97. The molecule has 1 nitrogen and oxygen atoms in total. The first-order valence-electron chi connectivity index (χ1n) is 5.02. The zero-order valence-electron chi connectivity index (χ0n) is 7.52. The van der Waals surface area contributed by atoms with E-state index in [0.717, 1.165) is 6.61 Å². The molecule has 0 unspecified atom stereocenters. The molecule has 1 saturated carbocycles. The van der Waals surface area contributed by atoms with Crippen molar-refractivity contribution in [2.24, 2.45) is 5.41 Å². The van der Waals surface area contributed by atoms with Crippen molar-refractivity contribution in [3.63, 3.8) is 0 Å². The first-order chi connectivity index (χ1) is 5.85. The molecule has 2 fully saturated rings. The number of halogens is 1. The van der Waals surface area contributed by atoms with E-state index in [1.807, 2.05) is 0 Å². The maximum atomic E-state index is 5.79. The van der Waals surface area contributed by atoms with Crippen LogP contribution in [0.2, 0.25) is 0 Å². The Morgan fingerprint density at radius 1 is 1.25 bits per heavy atom. The summed E-state index contributed by atoms with van der Waals surface area (Å²) in [5.41, 5.74) is 0.619. The van der Waals surface area contributed by atoms with Gasteiger partial charge in [0, 0.05) is 4.43 Å². The number of rotatable bonds is 1. The average Bonchev–Trinajstić information content (AvgIpc) is 2.50. The molecular weight excluding hydrogens is 263 g/mol. The van der Waals surface area contributed by atoms with Crippen molar-refractivity contribution < 1.29 is 4.74 Å². The molecule has 0 bridgehead atoms. The quantitative estimate of drug-likeness (QED) is 0.529. The van der Waals surface area contributed by atoms with Gasteiger partial charge in [-0.3, -0.25) is 0 Å². The summed E-state index contributed by atoms with van der Waals surface area (Å²) in [5.74, 6) is 0. The molecule has 70 valence electrons. The molecule has 1 heterocycles. The third-order valence-electron chi connectivity index (χ3n) is 3.37. The Morgan fingerprint density at radius 2 is 2.00 bits per heavy atom. The van der Waals surface area contributed by atoms with Gasteiger partial charge in [0.05, 0.1) is 12.7 Å². The molecule has 0 radical (unpaired) electrons. The predicted octanol–water partition coefficient (Wildman–Crippen LogP) is 3.16. The maximum Gasteiger partial charge on any atom is 0.0670 e. The molecule has 12 heavy (non-hydrogen) atoms. The van der Waals surface area contributed by atoms with E-state index in [9.17, 15) is 0 Å². The van der Waals surface area contributed by atoms with Crippen molar-refractivity contribution in [3.05, 3.63) is 0 Å². The summed E-state index contributed by atoms with van der Waals surface area (Å²) in [7, 11) is 0. The van der Waals surface area contributed by atoms with Crippen LogP contribution in [-0.2, 0) is 4.74 Å². The van der Waals surface area contributed by atoms with Crippen molar-refractivity contribution >= 4 is 22.6 Å². The Bertz CT molecular complexity index is 152. The van der Waals surface area contributed by atoms with Gasteiger partial charge in [0.25, 0.3) is 0 Å². The lowest BCUT2D eigenvalue weighted by Gasteiger charge is -2.31. The van der Waals surface area contributed by atoms with E-state index in [0.29, 0.717) is 11.5 Å². The predicted molar refractivity (Wildman–Crippen MR) is 58.8 cm³/mol. The molecule has 1 aliphatic carbocycles. The molecule has 1 spiro atoms. The normalized spacial score (nSPS) is 34.2. The lowest BCUT2D eigenvalue weighted by Crippen LogP contribution is -2.24. The van der Waals surface area contributed by atoms with Crippen LogP contribution in [0, 0.1) is 5.41 Å². The van der Waals surface area contributed by atoms with Crippen LogP contribution >= 0.6 is 22.6 Å². The van der Waals surface area contributed by atoms with Crippen LogP contribution in [-0.4, -0.2) is 17.1 Å². The fraction of sp³-hybridized carbons (Fsp3) is 1.00. The zero-order chi connectivity index (χ0) is 8.44. The summed E-state index contributed by atoms with van der Waals surface area (Å²) in [6.07, 6.45) is 9.12. The fourth-order valence-electron chi connectivity index (χ4n) is 2.64. The van der Waals surface area contributed by atoms with E-state index in [1.165, 1.54) is 43.0 Å². The van der Waals surface area contributed by atoms with Gasteiger partial charge < -0.3 is 4.74 Å². The van der Waals surface area contributed by atoms with Gasteiger partial charge in [0.1, 0.15) is 0 Å². The Hall–Kier alpha value is 0.690. The summed E-state index contributed by atoms with van der Waals surface area (Å²) in [5, 5.41) is 0. The summed E-state index contributed by atoms with van der Waals surface area (Å²) in [4.78, 5) is 0. The van der Waals surface area contributed by atoms with Gasteiger partial charge in [-0.25, -0.2) is 0 Å². The summed E-state index contributed by atoms with van der Waals surface area (Å²) in [6.45, 7) is 1.06. The van der Waals surface area contributed by atoms with Crippen LogP contribution in [0.25, 0.3) is 0 Å². The molecule has 0 amide bonds. The first-order valence-corrected chi connectivity index (χ1v) is 6.55. The second-order valence-electron chi connectivity index (χ2n) is 4.35. The third kappa shape index (κ3) is 1.79. The van der Waals surface area contributed by atoms with Crippen LogP contribution in [0.5, 0.6) is 0 Å². The topological polar surface area (TPSA) is 9.23 Å². The SMILES string of the molecule is IC[C@@H]1CC2(CCCCC2)CO1. The van der Waals surface area contributed by atoms with E-state index < -0.39 is 0 Å². The summed E-state index contributed by atoms with van der Waals surface area (Å²) >= 11 is 2.44. The minimum Gasteiger partial charge on any atom is -0.377 e. The second kappa shape index (κ2) is 3.82. The summed E-state index contributed by atoms with van der Waals surface area (Å²) in [6, 6.07) is 0. The first kappa shape index (κ1) is 9.25. The number of alkyl halides is 1. The Kier molecular flexibility index (Phi) is 2.95. The number of hydrogen-bond acceptors (Lipinski definition) is 1. The fourth-order valence-corrected chi connectivity index (χ4v) is 3.21. The van der Waals surface area contributed by atoms with Crippen molar-refractivity contribution in [2.75, 3.05) is 11.0 Å². The highest BCUT2D eigenvalue weighted by Gasteiger charge is 2.40. The standard InChI is InChI=1S/C10H17IO/c11-7-9-6-10(8-12-9)4-2-1-3-5-10/h9H,1-8H2/t9-/m0/s1. The van der Waals surface area contributed by atoms with Gasteiger partial charge >= 0.3 is 0 Å². The van der Waals surface area contributed by atoms with Gasteiger partial charge in [-0.15, -0.1) is 0 Å². The van der Waals surface area contributed by atoms with E-state index in [1.54, 1.807) is 0 Å². The highest BCUT2D eigenvalue weighted by atomic mass is 127. The minimum atomic E-state index is 0.573. The van der Waals surface area contributed by atoms with E-state index in [-0.39, 0.29) is 0 Å². The molecule has 0 N–H and O–H groups in total. The van der Waals surface area contributed by atoms with E-state index in [4.69, 9.17) is 4.74 Å². The van der Waals surface area contributed by atoms with Crippen LogP contribution in [0.4, 0.5) is 0 Å². The molecule has 1 saturated heterocycles. The molecule has 1 atom stereocenters.